The fraction of sp³-hybridized carbons (Fsp3) is 0.105. The second-order valence-electron chi connectivity index (χ2n) is 5.49. The van der Waals surface area contributed by atoms with Gasteiger partial charge < -0.3 is 0 Å². The Morgan fingerprint density at radius 3 is 2.33 bits per heavy atom. The highest BCUT2D eigenvalue weighted by Crippen LogP contribution is 2.25. The molecule has 2 nitrogen and oxygen atoms in total. The Morgan fingerprint density at radius 1 is 0.810 bits per heavy atom. The quantitative estimate of drug-likeness (QED) is 0.466. The van der Waals surface area contributed by atoms with Crippen molar-refractivity contribution < 1.29 is 4.57 Å². The van der Waals surface area contributed by atoms with Crippen molar-refractivity contribution >= 4 is 21.8 Å². The first-order chi connectivity index (χ1) is 10.3. The molecule has 4 aromatic rings. The summed E-state index contributed by atoms with van der Waals surface area (Å²) in [5.74, 6) is 1.22. The van der Waals surface area contributed by atoms with Gasteiger partial charge in [-0.2, -0.15) is 0 Å². The van der Waals surface area contributed by atoms with Crippen molar-refractivity contribution in [1.82, 2.24) is 4.57 Å². The number of nitrogens with zero attached hydrogens (tertiary/aromatic N) is 2. The second-order valence-corrected chi connectivity index (χ2v) is 5.49. The van der Waals surface area contributed by atoms with Crippen LogP contribution in [0.4, 0.5) is 0 Å². The Balaban J connectivity index is 2.04. The molecule has 102 valence electrons. The first-order valence-corrected chi connectivity index (χ1v) is 7.18. The summed E-state index contributed by atoms with van der Waals surface area (Å²) in [6.45, 7) is 0. The summed E-state index contributed by atoms with van der Waals surface area (Å²) in [4.78, 5) is 0. The van der Waals surface area contributed by atoms with Crippen LogP contribution in [0.2, 0.25) is 0 Å². The number of hydrogen-bond acceptors (Lipinski definition) is 0. The highest BCUT2D eigenvalue weighted by Gasteiger charge is 2.21. The standard InChI is InChI=1S/C19H17N2/c1-20-17-9-5-6-10-18(17)21(2)19(20)16-12-11-14-7-3-4-8-15(14)13-16/h3-13H,1-2H3/q+1. The molecular formula is C19H17N2+. The van der Waals surface area contributed by atoms with E-state index in [4.69, 9.17) is 0 Å². The van der Waals surface area contributed by atoms with E-state index in [-0.39, 0.29) is 0 Å². The molecule has 1 aromatic heterocycles. The molecule has 0 N–H and O–H groups in total. The fourth-order valence-corrected chi connectivity index (χ4v) is 3.20. The van der Waals surface area contributed by atoms with E-state index < -0.39 is 0 Å². The van der Waals surface area contributed by atoms with E-state index in [0.29, 0.717) is 0 Å². The number of aromatic nitrogens is 2. The lowest BCUT2D eigenvalue weighted by atomic mass is 10.1. The summed E-state index contributed by atoms with van der Waals surface area (Å²) < 4.78 is 4.53. The molecule has 0 unspecified atom stereocenters. The smallest absolute Gasteiger partial charge is 0.226 e. The molecule has 0 saturated carbocycles. The van der Waals surface area contributed by atoms with Crippen molar-refractivity contribution in [1.29, 1.82) is 0 Å². The van der Waals surface area contributed by atoms with Crippen molar-refractivity contribution in [3.05, 3.63) is 66.7 Å². The minimum absolute atomic E-state index is 1.22. The highest BCUT2D eigenvalue weighted by atomic mass is 15.1. The van der Waals surface area contributed by atoms with Crippen molar-refractivity contribution in [3.8, 4) is 11.4 Å². The first-order valence-electron chi connectivity index (χ1n) is 7.18. The average Bonchev–Trinajstić information content (AvgIpc) is 2.79. The van der Waals surface area contributed by atoms with Gasteiger partial charge in [0.05, 0.1) is 19.7 Å². The van der Waals surface area contributed by atoms with Crippen molar-refractivity contribution in [3.63, 3.8) is 0 Å². The minimum Gasteiger partial charge on any atom is -0.226 e. The molecule has 3 aromatic carbocycles. The molecule has 2 heteroatoms. The lowest BCUT2D eigenvalue weighted by Crippen LogP contribution is -2.29. The summed E-state index contributed by atoms with van der Waals surface area (Å²) in [5.41, 5.74) is 3.75. The molecule has 0 aliphatic carbocycles. The van der Waals surface area contributed by atoms with Gasteiger partial charge in [0.2, 0.25) is 0 Å². The summed E-state index contributed by atoms with van der Waals surface area (Å²) in [6.07, 6.45) is 0. The third-order valence-electron chi connectivity index (χ3n) is 4.25. The molecule has 0 radical (unpaired) electrons. The maximum atomic E-state index is 2.27. The van der Waals surface area contributed by atoms with Crippen LogP contribution < -0.4 is 4.57 Å². The van der Waals surface area contributed by atoms with Gasteiger partial charge in [0.1, 0.15) is 0 Å². The first kappa shape index (κ1) is 12.2. The Morgan fingerprint density at radius 2 is 1.52 bits per heavy atom. The predicted octanol–water partition coefficient (Wildman–Crippen LogP) is 3.82. The summed E-state index contributed by atoms with van der Waals surface area (Å²) in [5, 5.41) is 2.56. The van der Waals surface area contributed by atoms with Crippen LogP contribution in [-0.4, -0.2) is 4.57 Å². The topological polar surface area (TPSA) is 8.81 Å². The fourth-order valence-electron chi connectivity index (χ4n) is 3.20. The SMILES string of the molecule is Cn1c(-c2ccc3ccccc3c2)[n+](C)c2ccccc21. The van der Waals surface area contributed by atoms with Crippen LogP contribution in [0.5, 0.6) is 0 Å². The Kier molecular flexibility index (Phi) is 2.58. The highest BCUT2D eigenvalue weighted by molar-refractivity contribution is 5.87. The molecule has 0 aliphatic rings. The van der Waals surface area contributed by atoms with E-state index in [1.165, 1.54) is 33.2 Å². The lowest BCUT2D eigenvalue weighted by Gasteiger charge is -2.02. The molecule has 0 fully saturated rings. The van der Waals surface area contributed by atoms with Gasteiger partial charge >= 0.3 is 0 Å². The van der Waals surface area contributed by atoms with E-state index in [1.54, 1.807) is 0 Å². The molecule has 0 amide bonds. The normalized spacial score (nSPS) is 11.3. The largest absolute Gasteiger partial charge is 0.289 e. The van der Waals surface area contributed by atoms with Crippen molar-refractivity contribution in [2.45, 2.75) is 0 Å². The number of benzene rings is 3. The summed E-state index contributed by atoms with van der Waals surface area (Å²) in [6, 6.07) is 23.7. The minimum atomic E-state index is 1.22. The van der Waals surface area contributed by atoms with Gasteiger partial charge in [0.15, 0.2) is 11.0 Å². The predicted molar refractivity (Wildman–Crippen MR) is 87.0 cm³/mol. The molecule has 0 bridgehead atoms. The van der Waals surface area contributed by atoms with E-state index >= 15 is 0 Å². The van der Waals surface area contributed by atoms with Crippen molar-refractivity contribution in [2.24, 2.45) is 14.1 Å². The third kappa shape index (κ3) is 1.76. The van der Waals surface area contributed by atoms with Gasteiger partial charge in [-0.1, -0.05) is 42.5 Å². The maximum Gasteiger partial charge on any atom is 0.289 e. The molecule has 0 aliphatic heterocycles. The molecule has 0 atom stereocenters. The van der Waals surface area contributed by atoms with E-state index in [0.717, 1.165) is 0 Å². The Bertz CT molecular complexity index is 925. The number of hydrogen-bond donors (Lipinski definition) is 0. The van der Waals surface area contributed by atoms with Crippen LogP contribution in [0.25, 0.3) is 33.2 Å². The Labute approximate surface area is 123 Å². The molecular weight excluding hydrogens is 256 g/mol. The summed E-state index contributed by atoms with van der Waals surface area (Å²) in [7, 11) is 4.26. The number of para-hydroxylation sites is 2. The van der Waals surface area contributed by atoms with Crippen LogP contribution in [0.3, 0.4) is 0 Å². The Hall–Kier alpha value is -2.61. The van der Waals surface area contributed by atoms with Gasteiger partial charge in [0.25, 0.3) is 5.82 Å². The maximum absolute atomic E-state index is 2.27. The van der Waals surface area contributed by atoms with Crippen LogP contribution in [0.1, 0.15) is 0 Å². The van der Waals surface area contributed by atoms with Crippen LogP contribution in [0.15, 0.2) is 66.7 Å². The average molecular weight is 273 g/mol. The molecule has 1 heterocycles. The molecule has 0 spiro atoms. The monoisotopic (exact) mass is 273 g/mol. The van der Waals surface area contributed by atoms with Gasteiger partial charge in [0, 0.05) is 0 Å². The zero-order valence-electron chi connectivity index (χ0n) is 12.2. The number of rotatable bonds is 1. The van der Waals surface area contributed by atoms with Crippen LogP contribution in [-0.2, 0) is 14.1 Å². The summed E-state index contributed by atoms with van der Waals surface area (Å²) >= 11 is 0. The van der Waals surface area contributed by atoms with Gasteiger partial charge in [-0.25, -0.2) is 9.13 Å². The van der Waals surface area contributed by atoms with Gasteiger partial charge in [-0.3, -0.25) is 0 Å². The number of imidazole rings is 1. The third-order valence-corrected chi connectivity index (χ3v) is 4.25. The van der Waals surface area contributed by atoms with E-state index in [2.05, 4.69) is 90.0 Å². The molecule has 0 saturated heterocycles. The van der Waals surface area contributed by atoms with E-state index in [1.807, 2.05) is 0 Å². The van der Waals surface area contributed by atoms with Crippen LogP contribution >= 0.6 is 0 Å². The molecule has 21 heavy (non-hydrogen) atoms. The zero-order chi connectivity index (χ0) is 14.4. The molecule has 4 rings (SSSR count). The number of fused-ring (bicyclic) bond motifs is 2. The van der Waals surface area contributed by atoms with E-state index in [9.17, 15) is 0 Å². The number of aryl methyl sites for hydroxylation is 2. The zero-order valence-corrected chi connectivity index (χ0v) is 12.2. The van der Waals surface area contributed by atoms with Gasteiger partial charge in [-0.15, -0.1) is 0 Å². The lowest BCUT2D eigenvalue weighted by molar-refractivity contribution is -0.634. The van der Waals surface area contributed by atoms with Crippen molar-refractivity contribution in [2.75, 3.05) is 0 Å². The van der Waals surface area contributed by atoms with Crippen LogP contribution in [0, 0.1) is 0 Å². The van der Waals surface area contributed by atoms with Gasteiger partial charge in [-0.05, 0) is 35.0 Å². The second kappa shape index (κ2) is 4.45.